The summed E-state index contributed by atoms with van der Waals surface area (Å²) in [6, 6.07) is 12.6. The third kappa shape index (κ3) is 6.87. The van der Waals surface area contributed by atoms with Gasteiger partial charge in [0.1, 0.15) is 12.4 Å². The lowest BCUT2D eigenvalue weighted by Crippen LogP contribution is -2.28. The van der Waals surface area contributed by atoms with Crippen molar-refractivity contribution < 1.29 is 28.2 Å². The Morgan fingerprint density at radius 3 is 2.52 bits per heavy atom. The van der Waals surface area contributed by atoms with Crippen molar-refractivity contribution in [2.24, 2.45) is 0 Å². The van der Waals surface area contributed by atoms with Crippen molar-refractivity contribution in [1.29, 1.82) is 0 Å². The zero-order chi connectivity index (χ0) is 23.6. The average Bonchev–Trinajstić information content (AvgIpc) is 3.32. The van der Waals surface area contributed by atoms with E-state index in [1.807, 2.05) is 49.4 Å². The maximum absolute atomic E-state index is 12.4. The Bertz CT molecular complexity index is 1040. The molecule has 3 aromatic rings. The first kappa shape index (κ1) is 24.4. The molecule has 176 valence electrons. The van der Waals surface area contributed by atoms with E-state index < -0.39 is 0 Å². The maximum Gasteiger partial charge on any atom is 0.277 e. The predicted molar refractivity (Wildman–Crippen MR) is 124 cm³/mol. The first-order chi connectivity index (χ1) is 16.0. The van der Waals surface area contributed by atoms with E-state index in [2.05, 4.69) is 15.5 Å². The maximum atomic E-state index is 12.4. The molecule has 0 aliphatic heterocycles. The van der Waals surface area contributed by atoms with Gasteiger partial charge in [0.15, 0.2) is 11.5 Å². The molecule has 0 radical (unpaired) electrons. The third-order valence-corrected chi connectivity index (χ3v) is 5.50. The number of hydrogen-bond acceptors (Lipinski definition) is 9. The zero-order valence-electron chi connectivity index (χ0n) is 19.0. The zero-order valence-corrected chi connectivity index (χ0v) is 19.8. The molecule has 10 heteroatoms. The number of carbonyl (C=O) groups excluding carboxylic acids is 1. The topological polar surface area (TPSA) is 105 Å². The average molecular weight is 474 g/mol. The van der Waals surface area contributed by atoms with Crippen molar-refractivity contribution in [2.45, 2.75) is 18.2 Å². The highest BCUT2D eigenvalue weighted by molar-refractivity contribution is 7.99. The Hall–Kier alpha value is -3.24. The molecule has 0 aliphatic carbocycles. The quantitative estimate of drug-likeness (QED) is 0.311. The number of thioether (sulfide) groups is 1. The molecular formula is C23H27N3O6S. The molecule has 0 aliphatic rings. The van der Waals surface area contributed by atoms with Crippen molar-refractivity contribution in [2.75, 3.05) is 40.3 Å². The van der Waals surface area contributed by atoms with Crippen LogP contribution in [0, 0.1) is 0 Å². The first-order valence-corrected chi connectivity index (χ1v) is 11.2. The van der Waals surface area contributed by atoms with Gasteiger partial charge in [0, 0.05) is 12.7 Å². The fraction of sp³-hybridized carbons (Fsp3) is 0.348. The Labute approximate surface area is 196 Å². The lowest BCUT2D eigenvalue weighted by Gasteiger charge is -2.17. The molecule has 0 saturated carbocycles. The predicted octanol–water partition coefficient (Wildman–Crippen LogP) is 3.75. The van der Waals surface area contributed by atoms with Gasteiger partial charge in [-0.25, -0.2) is 0 Å². The second-order valence-corrected chi connectivity index (χ2v) is 7.86. The number of hydrogen-bond donors (Lipinski definition) is 1. The number of aromatic nitrogens is 2. The monoisotopic (exact) mass is 473 g/mol. The van der Waals surface area contributed by atoms with Crippen LogP contribution in [0.3, 0.4) is 0 Å². The van der Waals surface area contributed by atoms with Gasteiger partial charge in [0.05, 0.1) is 32.6 Å². The van der Waals surface area contributed by atoms with Crippen LogP contribution in [0.2, 0.25) is 0 Å². The fourth-order valence-corrected chi connectivity index (χ4v) is 3.49. The summed E-state index contributed by atoms with van der Waals surface area (Å²) in [4.78, 5) is 12.4. The molecule has 2 aromatic carbocycles. The van der Waals surface area contributed by atoms with E-state index >= 15 is 0 Å². The molecule has 33 heavy (non-hydrogen) atoms. The van der Waals surface area contributed by atoms with Crippen LogP contribution in [0.25, 0.3) is 11.5 Å². The third-order valence-electron chi connectivity index (χ3n) is 4.68. The number of nitrogens with one attached hydrogen (secondary N) is 1. The summed E-state index contributed by atoms with van der Waals surface area (Å²) >= 11 is 1.18. The smallest absolute Gasteiger partial charge is 0.277 e. The molecule has 3 rings (SSSR count). The minimum atomic E-state index is -0.224. The molecule has 1 aromatic heterocycles. The van der Waals surface area contributed by atoms with Gasteiger partial charge in [-0.3, -0.25) is 4.79 Å². The van der Waals surface area contributed by atoms with E-state index in [4.69, 9.17) is 23.4 Å². The summed E-state index contributed by atoms with van der Waals surface area (Å²) in [5, 5.41) is 11.3. The van der Waals surface area contributed by atoms with Gasteiger partial charge in [0.2, 0.25) is 11.8 Å². The van der Waals surface area contributed by atoms with Crippen LogP contribution in [0.15, 0.2) is 52.1 Å². The minimum absolute atomic E-state index is 0.143. The van der Waals surface area contributed by atoms with Gasteiger partial charge in [-0.2, -0.15) is 0 Å². The highest BCUT2D eigenvalue weighted by Gasteiger charge is 2.15. The highest BCUT2D eigenvalue weighted by atomic mass is 32.2. The highest BCUT2D eigenvalue weighted by Crippen LogP contribution is 2.30. The molecule has 1 heterocycles. The van der Waals surface area contributed by atoms with Crippen LogP contribution >= 0.6 is 11.8 Å². The second kappa shape index (κ2) is 12.1. The largest absolute Gasteiger partial charge is 0.497 e. The van der Waals surface area contributed by atoms with E-state index in [9.17, 15) is 4.79 Å². The van der Waals surface area contributed by atoms with E-state index in [1.165, 1.54) is 11.8 Å². The molecule has 0 fully saturated rings. The number of ether oxygens (including phenoxy) is 4. The number of methoxy groups -OCH3 is 3. The Kier molecular flexibility index (Phi) is 8.96. The normalized spacial score (nSPS) is 11.6. The van der Waals surface area contributed by atoms with Crippen LogP contribution in [0.4, 0.5) is 0 Å². The number of carbonyl (C=O) groups is 1. The van der Waals surface area contributed by atoms with Gasteiger partial charge in [0.25, 0.3) is 5.22 Å². The van der Waals surface area contributed by atoms with E-state index in [1.54, 1.807) is 21.3 Å². The Balaban J connectivity index is 1.52. The molecule has 0 spiro atoms. The minimum Gasteiger partial charge on any atom is -0.497 e. The van der Waals surface area contributed by atoms with Crippen LogP contribution in [0.1, 0.15) is 18.5 Å². The summed E-state index contributed by atoms with van der Waals surface area (Å²) in [6.45, 7) is 2.81. The van der Waals surface area contributed by atoms with Crippen molar-refractivity contribution in [1.82, 2.24) is 15.5 Å². The Morgan fingerprint density at radius 1 is 1.03 bits per heavy atom. The van der Waals surface area contributed by atoms with Crippen molar-refractivity contribution in [3.8, 4) is 28.7 Å². The van der Waals surface area contributed by atoms with Crippen molar-refractivity contribution in [3.63, 3.8) is 0 Å². The molecule has 1 unspecified atom stereocenters. The SMILES string of the molecule is COCCOc1ccc(C(C)NC(=O)CSc2nnc(-c3ccc(OC)cc3)o2)cc1OC. The van der Waals surface area contributed by atoms with E-state index in [0.29, 0.717) is 35.8 Å². The van der Waals surface area contributed by atoms with Gasteiger partial charge < -0.3 is 28.7 Å². The summed E-state index contributed by atoms with van der Waals surface area (Å²) in [5.41, 5.74) is 1.67. The molecule has 1 atom stereocenters. The second-order valence-electron chi connectivity index (χ2n) is 6.93. The van der Waals surface area contributed by atoms with Crippen LogP contribution in [0.5, 0.6) is 17.2 Å². The lowest BCUT2D eigenvalue weighted by molar-refractivity contribution is -0.119. The van der Waals surface area contributed by atoms with E-state index in [0.717, 1.165) is 16.9 Å². The number of rotatable bonds is 12. The standard InChI is InChI=1S/C23H27N3O6S/c1-15(17-7-10-19(20(13-17)30-4)31-12-11-28-2)24-21(27)14-33-23-26-25-22(32-23)16-5-8-18(29-3)9-6-16/h5-10,13,15H,11-12,14H2,1-4H3,(H,24,27). The van der Waals surface area contributed by atoms with Gasteiger partial charge in [-0.05, 0) is 48.9 Å². The molecular weight excluding hydrogens is 446 g/mol. The van der Waals surface area contributed by atoms with Gasteiger partial charge in [-0.15, -0.1) is 10.2 Å². The summed E-state index contributed by atoms with van der Waals surface area (Å²) in [7, 11) is 4.80. The van der Waals surface area contributed by atoms with Gasteiger partial charge in [-0.1, -0.05) is 17.8 Å². The Morgan fingerprint density at radius 2 is 1.82 bits per heavy atom. The fourth-order valence-electron chi connectivity index (χ4n) is 2.92. The van der Waals surface area contributed by atoms with Crippen LogP contribution in [-0.4, -0.2) is 56.4 Å². The molecule has 0 saturated heterocycles. The summed E-state index contributed by atoms with van der Waals surface area (Å²) in [6.07, 6.45) is 0. The molecule has 1 N–H and O–H groups in total. The van der Waals surface area contributed by atoms with E-state index in [-0.39, 0.29) is 17.7 Å². The molecule has 1 amide bonds. The number of amides is 1. The summed E-state index contributed by atoms with van der Waals surface area (Å²) < 4.78 is 26.8. The van der Waals surface area contributed by atoms with Gasteiger partial charge >= 0.3 is 0 Å². The number of benzene rings is 2. The lowest BCUT2D eigenvalue weighted by atomic mass is 10.1. The van der Waals surface area contributed by atoms with Crippen LogP contribution < -0.4 is 19.5 Å². The van der Waals surface area contributed by atoms with Crippen LogP contribution in [-0.2, 0) is 9.53 Å². The summed E-state index contributed by atoms with van der Waals surface area (Å²) in [5.74, 6) is 2.33. The van der Waals surface area contributed by atoms with Crippen molar-refractivity contribution >= 4 is 17.7 Å². The molecule has 9 nitrogen and oxygen atoms in total. The van der Waals surface area contributed by atoms with Crippen molar-refractivity contribution in [3.05, 3.63) is 48.0 Å². The first-order valence-electron chi connectivity index (χ1n) is 10.2. The number of nitrogens with zero attached hydrogens (tertiary/aromatic N) is 2. The molecule has 0 bridgehead atoms.